The molecule has 0 amide bonds. The molecule has 0 aromatic heterocycles. The Labute approximate surface area is 129 Å². The summed E-state index contributed by atoms with van der Waals surface area (Å²) >= 11 is 0. The van der Waals surface area contributed by atoms with E-state index in [0.29, 0.717) is 23.5 Å². The minimum absolute atomic E-state index is 0.381. The molecule has 0 aliphatic heterocycles. The van der Waals surface area contributed by atoms with Crippen molar-refractivity contribution >= 4 is 5.69 Å². The van der Waals surface area contributed by atoms with Gasteiger partial charge in [0.15, 0.2) is 0 Å². The first kappa shape index (κ1) is 14.9. The Kier molecular flexibility index (Phi) is 3.77. The van der Waals surface area contributed by atoms with E-state index >= 15 is 0 Å². The van der Waals surface area contributed by atoms with Gasteiger partial charge < -0.3 is 10.1 Å². The Morgan fingerprint density at radius 3 is 2.67 bits per heavy atom. The van der Waals surface area contributed by atoms with E-state index in [0.717, 1.165) is 12.5 Å². The topological polar surface area (TPSA) is 21.3 Å². The average Bonchev–Trinajstić information content (AvgIpc) is 2.93. The number of nitrogens with one attached hydrogen (secondary N) is 1. The fraction of sp³-hybridized carbons (Fsp3) is 0.684. The molecule has 3 rings (SSSR count). The number of benzene rings is 1. The first-order valence-corrected chi connectivity index (χ1v) is 8.39. The molecule has 0 saturated heterocycles. The maximum absolute atomic E-state index is 5.62. The summed E-state index contributed by atoms with van der Waals surface area (Å²) in [6, 6.07) is 9.18. The van der Waals surface area contributed by atoms with Crippen molar-refractivity contribution in [3.05, 3.63) is 29.8 Å². The first-order chi connectivity index (χ1) is 9.97. The van der Waals surface area contributed by atoms with E-state index in [2.05, 4.69) is 57.3 Å². The lowest BCUT2D eigenvalue weighted by Gasteiger charge is -2.44. The van der Waals surface area contributed by atoms with Gasteiger partial charge >= 0.3 is 0 Å². The molecule has 1 aromatic carbocycles. The van der Waals surface area contributed by atoms with Crippen LogP contribution in [0.2, 0.25) is 0 Å². The number of fused-ring (bicyclic) bond motifs is 2. The van der Waals surface area contributed by atoms with E-state index in [-0.39, 0.29) is 0 Å². The summed E-state index contributed by atoms with van der Waals surface area (Å²) in [4.78, 5) is 0. The lowest BCUT2D eigenvalue weighted by atomic mass is 9.68. The van der Waals surface area contributed by atoms with Gasteiger partial charge in [-0.15, -0.1) is 0 Å². The Morgan fingerprint density at radius 2 is 2.00 bits per heavy atom. The monoisotopic (exact) mass is 287 g/mol. The Hall–Kier alpha value is -1.02. The third-order valence-corrected chi connectivity index (χ3v) is 6.05. The summed E-state index contributed by atoms with van der Waals surface area (Å²) in [6.45, 7) is 10.9. The smallest absolute Gasteiger partial charge is 0.0736 e. The van der Waals surface area contributed by atoms with Crippen LogP contribution in [0.5, 0.6) is 0 Å². The normalized spacial score (nSPS) is 33.3. The molecular formula is C19H29NO. The minimum atomic E-state index is 0.381. The van der Waals surface area contributed by atoms with Crippen LogP contribution in [0, 0.1) is 16.7 Å². The zero-order valence-electron chi connectivity index (χ0n) is 13.9. The van der Waals surface area contributed by atoms with E-state index in [9.17, 15) is 0 Å². The van der Waals surface area contributed by atoms with Crippen molar-refractivity contribution in [1.29, 1.82) is 0 Å². The highest BCUT2D eigenvalue weighted by molar-refractivity contribution is 5.52. The van der Waals surface area contributed by atoms with Gasteiger partial charge in [-0.2, -0.15) is 0 Å². The van der Waals surface area contributed by atoms with Crippen LogP contribution < -0.4 is 5.32 Å². The minimum Gasteiger partial charge on any atom is -0.381 e. The quantitative estimate of drug-likeness (QED) is 0.836. The zero-order chi connectivity index (χ0) is 15.1. The molecule has 2 aliphatic rings. The summed E-state index contributed by atoms with van der Waals surface area (Å²) in [5.41, 5.74) is 3.37. The Bertz CT molecular complexity index is 505. The molecule has 2 saturated carbocycles. The standard InChI is InChI=1S/C19H29NO/c1-5-21-13-14-8-6-7-9-16(14)20-17-18(2,3)15-10-11-19(17,4)12-15/h6-9,15,17,20H,5,10-13H2,1-4H3. The van der Waals surface area contributed by atoms with Crippen molar-refractivity contribution < 1.29 is 4.74 Å². The molecule has 1 aromatic rings. The number of rotatable bonds is 5. The maximum atomic E-state index is 5.62. The van der Waals surface area contributed by atoms with Crippen LogP contribution in [0.15, 0.2) is 24.3 Å². The van der Waals surface area contributed by atoms with E-state index in [4.69, 9.17) is 4.74 Å². The lowest BCUT2D eigenvalue weighted by Crippen LogP contribution is -2.45. The van der Waals surface area contributed by atoms with Crippen molar-refractivity contribution in [1.82, 2.24) is 0 Å². The van der Waals surface area contributed by atoms with Gasteiger partial charge in [0.2, 0.25) is 0 Å². The second kappa shape index (κ2) is 5.31. The van der Waals surface area contributed by atoms with Gasteiger partial charge in [0, 0.05) is 23.9 Å². The molecular weight excluding hydrogens is 258 g/mol. The second-order valence-corrected chi connectivity index (χ2v) is 7.79. The SMILES string of the molecule is CCOCc1ccccc1NC1C2(C)CCC(C2)C1(C)C. The molecule has 2 aliphatic carbocycles. The predicted molar refractivity (Wildman–Crippen MR) is 88.4 cm³/mol. The van der Waals surface area contributed by atoms with Gasteiger partial charge in [-0.3, -0.25) is 0 Å². The summed E-state index contributed by atoms with van der Waals surface area (Å²) in [7, 11) is 0. The molecule has 2 bridgehead atoms. The molecule has 21 heavy (non-hydrogen) atoms. The predicted octanol–water partition coefficient (Wildman–Crippen LogP) is 4.85. The summed E-state index contributed by atoms with van der Waals surface area (Å²) in [6.07, 6.45) is 4.15. The van der Waals surface area contributed by atoms with Crippen LogP contribution in [0.4, 0.5) is 5.69 Å². The first-order valence-electron chi connectivity index (χ1n) is 8.39. The molecule has 2 heteroatoms. The number of hydrogen-bond donors (Lipinski definition) is 1. The molecule has 3 unspecified atom stereocenters. The summed E-state index contributed by atoms with van der Waals surface area (Å²) in [5, 5.41) is 3.90. The molecule has 116 valence electrons. The van der Waals surface area contributed by atoms with Crippen LogP contribution in [0.3, 0.4) is 0 Å². The molecule has 2 nitrogen and oxygen atoms in total. The van der Waals surface area contributed by atoms with Crippen LogP contribution in [0.1, 0.15) is 52.5 Å². The van der Waals surface area contributed by atoms with E-state index < -0.39 is 0 Å². The number of anilines is 1. The van der Waals surface area contributed by atoms with Crippen LogP contribution in [-0.4, -0.2) is 12.6 Å². The largest absolute Gasteiger partial charge is 0.381 e. The highest BCUT2D eigenvalue weighted by atomic mass is 16.5. The summed E-state index contributed by atoms with van der Waals surface area (Å²) in [5.74, 6) is 0.874. The zero-order valence-corrected chi connectivity index (χ0v) is 13.9. The molecule has 2 fully saturated rings. The maximum Gasteiger partial charge on any atom is 0.0736 e. The second-order valence-electron chi connectivity index (χ2n) is 7.79. The molecule has 3 atom stereocenters. The number of hydrogen-bond acceptors (Lipinski definition) is 2. The fourth-order valence-corrected chi connectivity index (χ4v) is 4.82. The van der Waals surface area contributed by atoms with Gasteiger partial charge in [-0.1, -0.05) is 39.0 Å². The van der Waals surface area contributed by atoms with E-state index in [1.807, 2.05) is 0 Å². The van der Waals surface area contributed by atoms with Gasteiger partial charge in [0.05, 0.1) is 6.61 Å². The fourth-order valence-electron chi connectivity index (χ4n) is 4.82. The van der Waals surface area contributed by atoms with Crippen molar-refractivity contribution in [3.63, 3.8) is 0 Å². The van der Waals surface area contributed by atoms with Gasteiger partial charge in [0.25, 0.3) is 0 Å². The van der Waals surface area contributed by atoms with Crippen molar-refractivity contribution in [3.8, 4) is 0 Å². The number of ether oxygens (including phenoxy) is 1. The molecule has 0 radical (unpaired) electrons. The van der Waals surface area contributed by atoms with Gasteiger partial charge in [-0.05, 0) is 49.0 Å². The average molecular weight is 287 g/mol. The van der Waals surface area contributed by atoms with Crippen LogP contribution in [0.25, 0.3) is 0 Å². The Balaban J connectivity index is 1.83. The van der Waals surface area contributed by atoms with Gasteiger partial charge in [-0.25, -0.2) is 0 Å². The third-order valence-electron chi connectivity index (χ3n) is 6.05. The highest BCUT2D eigenvalue weighted by Crippen LogP contribution is 2.63. The van der Waals surface area contributed by atoms with Gasteiger partial charge in [0.1, 0.15) is 0 Å². The Morgan fingerprint density at radius 1 is 1.24 bits per heavy atom. The van der Waals surface area contributed by atoms with Crippen LogP contribution in [-0.2, 0) is 11.3 Å². The molecule has 0 spiro atoms. The third kappa shape index (κ3) is 2.48. The number of para-hydroxylation sites is 1. The van der Waals surface area contributed by atoms with E-state index in [1.54, 1.807) is 0 Å². The van der Waals surface area contributed by atoms with Crippen molar-refractivity contribution in [2.75, 3.05) is 11.9 Å². The molecule has 1 N–H and O–H groups in total. The van der Waals surface area contributed by atoms with Crippen molar-refractivity contribution in [2.45, 2.75) is 59.6 Å². The summed E-state index contributed by atoms with van der Waals surface area (Å²) < 4.78 is 5.62. The van der Waals surface area contributed by atoms with E-state index in [1.165, 1.54) is 30.5 Å². The van der Waals surface area contributed by atoms with Crippen LogP contribution >= 0.6 is 0 Å². The van der Waals surface area contributed by atoms with Crippen molar-refractivity contribution in [2.24, 2.45) is 16.7 Å². The lowest BCUT2D eigenvalue weighted by molar-refractivity contribution is 0.133. The highest BCUT2D eigenvalue weighted by Gasteiger charge is 2.59. The molecule has 0 heterocycles.